The van der Waals surface area contributed by atoms with Crippen molar-refractivity contribution in [2.45, 2.75) is 26.4 Å². The lowest BCUT2D eigenvalue weighted by atomic mass is 9.97. The molecule has 5 nitrogen and oxygen atoms in total. The maximum absolute atomic E-state index is 13.6. The number of hydrogen-bond donors (Lipinski definition) is 1. The number of fused-ring (bicyclic) bond motifs is 2. The van der Waals surface area contributed by atoms with E-state index in [9.17, 15) is 19.1 Å². The summed E-state index contributed by atoms with van der Waals surface area (Å²) in [5.74, 6) is -0.758. The maximum Gasteiger partial charge on any atom is 0.291 e. The molecule has 0 saturated heterocycles. The highest BCUT2D eigenvalue weighted by Gasteiger charge is 2.43. The zero-order valence-corrected chi connectivity index (χ0v) is 17.6. The van der Waals surface area contributed by atoms with Crippen molar-refractivity contribution in [1.29, 1.82) is 0 Å². The summed E-state index contributed by atoms with van der Waals surface area (Å²) in [7, 11) is 0. The van der Waals surface area contributed by atoms with Crippen LogP contribution in [0.5, 0.6) is 5.75 Å². The highest BCUT2D eigenvalue weighted by Crippen LogP contribution is 2.40. The normalized spacial score (nSPS) is 15.4. The molecule has 1 atom stereocenters. The van der Waals surface area contributed by atoms with Gasteiger partial charge in [-0.05, 0) is 66.4 Å². The lowest BCUT2D eigenvalue weighted by molar-refractivity contribution is 0.0714. The Labute approximate surface area is 183 Å². The zero-order valence-electron chi connectivity index (χ0n) is 17.6. The van der Waals surface area contributed by atoms with Gasteiger partial charge in [-0.1, -0.05) is 30.3 Å². The second-order valence-corrected chi connectivity index (χ2v) is 8.19. The third-order valence-corrected chi connectivity index (χ3v) is 5.85. The van der Waals surface area contributed by atoms with Crippen LogP contribution < -0.4 is 5.43 Å². The predicted octanol–water partition coefficient (Wildman–Crippen LogP) is 5.00. The molecule has 2 heterocycles. The van der Waals surface area contributed by atoms with E-state index in [-0.39, 0.29) is 34.9 Å². The van der Waals surface area contributed by atoms with E-state index >= 15 is 0 Å². The molecule has 1 aliphatic rings. The van der Waals surface area contributed by atoms with Gasteiger partial charge in [0.2, 0.25) is 5.76 Å². The van der Waals surface area contributed by atoms with Gasteiger partial charge in [0.1, 0.15) is 17.1 Å². The lowest BCUT2D eigenvalue weighted by Crippen LogP contribution is -2.29. The largest absolute Gasteiger partial charge is 0.508 e. The first kappa shape index (κ1) is 20.0. The Morgan fingerprint density at radius 2 is 1.78 bits per heavy atom. The number of nitrogens with zero attached hydrogens (tertiary/aromatic N) is 1. The first-order valence-electron chi connectivity index (χ1n) is 10.3. The van der Waals surface area contributed by atoms with Gasteiger partial charge in [-0.2, -0.15) is 0 Å². The molecule has 4 aromatic rings. The van der Waals surface area contributed by atoms with Gasteiger partial charge in [0.25, 0.3) is 5.91 Å². The molecule has 5 rings (SSSR count). The molecule has 1 aliphatic heterocycles. The van der Waals surface area contributed by atoms with E-state index in [0.29, 0.717) is 22.1 Å². The number of aromatic hydroxyl groups is 1. The van der Waals surface area contributed by atoms with Crippen LogP contribution in [-0.4, -0.2) is 15.9 Å². The standard InChI is InChI=1S/C26H20FNO4/c1-14-10-15(2)24-20(11-14)23(30)21-22(17-4-3-5-19(29)12-17)28(26(31)25(21)32-24)13-16-6-8-18(27)9-7-16/h3-12,22,29H,13H2,1-2H3/t22-/m1/s1. The SMILES string of the molecule is Cc1cc(C)c2oc3c(c(=O)c2c1)[C@@H](c1cccc(O)c1)N(Cc1ccc(F)cc1)C3=O. The average molecular weight is 429 g/mol. The second-order valence-electron chi connectivity index (χ2n) is 8.19. The van der Waals surface area contributed by atoms with E-state index in [1.54, 1.807) is 30.3 Å². The van der Waals surface area contributed by atoms with Gasteiger partial charge < -0.3 is 14.4 Å². The monoisotopic (exact) mass is 429 g/mol. The third kappa shape index (κ3) is 3.15. The van der Waals surface area contributed by atoms with Crippen LogP contribution in [0.2, 0.25) is 0 Å². The van der Waals surface area contributed by atoms with Crippen molar-refractivity contribution in [3.8, 4) is 5.75 Å². The quantitative estimate of drug-likeness (QED) is 0.498. The highest BCUT2D eigenvalue weighted by atomic mass is 19.1. The fraction of sp³-hybridized carbons (Fsp3) is 0.154. The fourth-order valence-electron chi connectivity index (χ4n) is 4.47. The molecule has 0 saturated carbocycles. The van der Waals surface area contributed by atoms with Crippen molar-refractivity contribution < 1.29 is 18.7 Å². The summed E-state index contributed by atoms with van der Waals surface area (Å²) in [6.45, 7) is 3.89. The fourth-order valence-corrected chi connectivity index (χ4v) is 4.47. The third-order valence-electron chi connectivity index (χ3n) is 5.85. The van der Waals surface area contributed by atoms with Crippen LogP contribution in [0.25, 0.3) is 11.0 Å². The lowest BCUT2D eigenvalue weighted by Gasteiger charge is -2.25. The van der Waals surface area contributed by atoms with Crippen molar-refractivity contribution in [3.63, 3.8) is 0 Å². The molecular weight excluding hydrogens is 409 g/mol. The van der Waals surface area contributed by atoms with Crippen LogP contribution in [0.15, 0.2) is 69.9 Å². The number of aryl methyl sites for hydroxylation is 2. The van der Waals surface area contributed by atoms with Crippen LogP contribution in [0.4, 0.5) is 4.39 Å². The van der Waals surface area contributed by atoms with Gasteiger partial charge in [-0.15, -0.1) is 0 Å². The van der Waals surface area contributed by atoms with Gasteiger partial charge in [0, 0.05) is 6.54 Å². The van der Waals surface area contributed by atoms with Crippen LogP contribution in [-0.2, 0) is 6.54 Å². The number of amides is 1. The Morgan fingerprint density at radius 1 is 1.03 bits per heavy atom. The summed E-state index contributed by atoms with van der Waals surface area (Å²) < 4.78 is 19.4. The second kappa shape index (κ2) is 7.34. The van der Waals surface area contributed by atoms with Crippen LogP contribution in [0.3, 0.4) is 0 Å². The first-order valence-corrected chi connectivity index (χ1v) is 10.3. The molecule has 0 spiro atoms. The smallest absolute Gasteiger partial charge is 0.291 e. The van der Waals surface area contributed by atoms with E-state index in [1.165, 1.54) is 29.2 Å². The summed E-state index contributed by atoms with van der Waals surface area (Å²) in [5, 5.41) is 10.5. The Kier molecular flexibility index (Phi) is 4.59. The minimum absolute atomic E-state index is 0.00454. The van der Waals surface area contributed by atoms with Crippen molar-refractivity contribution in [3.05, 3.63) is 110 Å². The highest BCUT2D eigenvalue weighted by molar-refractivity contribution is 5.99. The summed E-state index contributed by atoms with van der Waals surface area (Å²) in [4.78, 5) is 28.6. The Balaban J connectivity index is 1.75. The molecular formula is C26H20FNO4. The molecule has 0 bridgehead atoms. The molecule has 1 amide bonds. The van der Waals surface area contributed by atoms with Gasteiger partial charge in [0.05, 0.1) is 17.0 Å². The van der Waals surface area contributed by atoms with Crippen LogP contribution in [0, 0.1) is 19.7 Å². The van der Waals surface area contributed by atoms with E-state index < -0.39 is 11.9 Å². The molecule has 32 heavy (non-hydrogen) atoms. The van der Waals surface area contributed by atoms with Gasteiger partial charge in [0.15, 0.2) is 5.43 Å². The number of rotatable bonds is 3. The Morgan fingerprint density at radius 3 is 2.50 bits per heavy atom. The summed E-state index contributed by atoms with van der Waals surface area (Å²) in [5.41, 5.74) is 3.38. The number of phenolic OH excluding ortho intramolecular Hbond substituents is 1. The molecule has 0 unspecified atom stereocenters. The number of benzene rings is 3. The van der Waals surface area contributed by atoms with Crippen LogP contribution >= 0.6 is 0 Å². The summed E-state index contributed by atoms with van der Waals surface area (Å²) >= 11 is 0. The topological polar surface area (TPSA) is 70.8 Å². The van der Waals surface area contributed by atoms with E-state index in [1.807, 2.05) is 19.9 Å². The van der Waals surface area contributed by atoms with E-state index in [2.05, 4.69) is 0 Å². The van der Waals surface area contributed by atoms with Crippen molar-refractivity contribution in [2.24, 2.45) is 0 Å². The number of hydrogen-bond acceptors (Lipinski definition) is 4. The summed E-state index contributed by atoms with van der Waals surface area (Å²) in [6.07, 6.45) is 0. The molecule has 160 valence electrons. The molecule has 0 aliphatic carbocycles. The maximum atomic E-state index is 13.6. The van der Waals surface area contributed by atoms with Crippen LogP contribution in [0.1, 0.15) is 44.4 Å². The van der Waals surface area contributed by atoms with Crippen molar-refractivity contribution in [1.82, 2.24) is 4.90 Å². The molecule has 6 heteroatoms. The first-order chi connectivity index (χ1) is 15.3. The predicted molar refractivity (Wildman–Crippen MR) is 118 cm³/mol. The Bertz CT molecular complexity index is 1440. The Hall–Kier alpha value is -3.93. The molecule has 1 aromatic heterocycles. The number of carbonyl (C=O) groups is 1. The summed E-state index contributed by atoms with van der Waals surface area (Å²) in [6, 6.07) is 15.3. The molecule has 0 fully saturated rings. The van der Waals surface area contributed by atoms with Crippen molar-refractivity contribution >= 4 is 16.9 Å². The average Bonchev–Trinajstić information content (AvgIpc) is 3.03. The number of carbonyl (C=O) groups excluding carboxylic acids is 1. The van der Waals surface area contributed by atoms with E-state index in [4.69, 9.17) is 4.42 Å². The van der Waals surface area contributed by atoms with Crippen molar-refractivity contribution in [2.75, 3.05) is 0 Å². The van der Waals surface area contributed by atoms with E-state index in [0.717, 1.165) is 11.1 Å². The van der Waals surface area contributed by atoms with Gasteiger partial charge in [-0.3, -0.25) is 9.59 Å². The molecule has 0 radical (unpaired) electrons. The molecule has 3 aromatic carbocycles. The minimum Gasteiger partial charge on any atom is -0.508 e. The van der Waals surface area contributed by atoms with Gasteiger partial charge >= 0.3 is 0 Å². The number of phenols is 1. The molecule has 1 N–H and O–H groups in total. The number of halogens is 1. The zero-order chi connectivity index (χ0) is 22.6. The minimum atomic E-state index is -0.740. The van der Waals surface area contributed by atoms with Gasteiger partial charge in [-0.25, -0.2) is 4.39 Å².